The third-order valence-electron chi connectivity index (χ3n) is 6.43. The zero-order chi connectivity index (χ0) is 24.0. The summed E-state index contributed by atoms with van der Waals surface area (Å²) in [5.41, 5.74) is 0.988. The van der Waals surface area contributed by atoms with Crippen molar-refractivity contribution < 1.29 is 23.5 Å². The largest absolute Gasteiger partial charge is 0.458 e. The van der Waals surface area contributed by atoms with Gasteiger partial charge in [0.2, 0.25) is 0 Å². The molecule has 0 aromatic carbocycles. The van der Waals surface area contributed by atoms with Crippen molar-refractivity contribution in [1.29, 1.82) is 0 Å². The summed E-state index contributed by atoms with van der Waals surface area (Å²) >= 11 is 2.17. The van der Waals surface area contributed by atoms with E-state index >= 15 is 0 Å². The molecule has 1 heterocycles. The lowest BCUT2D eigenvalue weighted by Gasteiger charge is -2.39. The van der Waals surface area contributed by atoms with Gasteiger partial charge in [0.1, 0.15) is 12.2 Å². The molecule has 0 saturated carbocycles. The number of carbonyl (C=O) groups is 2. The van der Waals surface area contributed by atoms with E-state index in [1.54, 1.807) is 0 Å². The van der Waals surface area contributed by atoms with Gasteiger partial charge in [-0.05, 0) is 59.5 Å². The minimum absolute atomic E-state index is 0.0422. The van der Waals surface area contributed by atoms with E-state index < -0.39 is 8.32 Å². The van der Waals surface area contributed by atoms with Crippen LogP contribution in [0.2, 0.25) is 18.1 Å². The van der Waals surface area contributed by atoms with Gasteiger partial charge in [0.25, 0.3) is 0 Å². The molecule has 0 aliphatic carbocycles. The highest BCUT2D eigenvalue weighted by Gasteiger charge is 2.40. The van der Waals surface area contributed by atoms with Crippen LogP contribution in [0.25, 0.3) is 0 Å². The fraction of sp³-hybridized carbons (Fsp3) is 0.750. The maximum atomic E-state index is 12.9. The molecule has 1 aliphatic rings. The summed E-state index contributed by atoms with van der Waals surface area (Å²) in [6.07, 6.45) is 4.81. The first kappa shape index (κ1) is 28.4. The van der Waals surface area contributed by atoms with E-state index in [-0.39, 0.29) is 53.5 Å². The van der Waals surface area contributed by atoms with Crippen LogP contribution in [-0.4, -0.2) is 38.6 Å². The molecule has 1 rings (SSSR count). The fourth-order valence-electron chi connectivity index (χ4n) is 3.38. The van der Waals surface area contributed by atoms with E-state index in [1.807, 2.05) is 30.1 Å². The Morgan fingerprint density at radius 1 is 1.19 bits per heavy atom. The summed E-state index contributed by atoms with van der Waals surface area (Å²) in [7, 11) is -2.06. The molecular weight excluding hydrogens is 523 g/mol. The molecular formula is C24H41IO5Si. The van der Waals surface area contributed by atoms with Crippen LogP contribution in [0.1, 0.15) is 67.7 Å². The number of hydrogen-bond donors (Lipinski definition) is 0. The molecule has 0 fully saturated rings. The number of rotatable bonds is 4. The van der Waals surface area contributed by atoms with E-state index in [2.05, 4.69) is 63.4 Å². The standard InChI is InChI=1S/C24H41IO5Si/c1-16-10-12-20(30-31(8,9)24(5,6)7)14-22(27)29-23(18(3)15-25)17(2)11-13-21(16)28-19(4)26/h11,13,15-17,20-21,23H,10,12,14H2,1-9H3/b13-11+,18-15+/t16-,17-,20+,21-,23-/m0/s1. The zero-order valence-electron chi connectivity index (χ0n) is 20.7. The number of cyclic esters (lactones) is 1. The summed E-state index contributed by atoms with van der Waals surface area (Å²) in [6.45, 7) is 18.5. The highest BCUT2D eigenvalue weighted by atomic mass is 127. The maximum Gasteiger partial charge on any atom is 0.308 e. The summed E-state index contributed by atoms with van der Waals surface area (Å²) < 4.78 is 20.1. The van der Waals surface area contributed by atoms with Gasteiger partial charge >= 0.3 is 11.9 Å². The van der Waals surface area contributed by atoms with Crippen LogP contribution in [0.4, 0.5) is 0 Å². The number of hydrogen-bond acceptors (Lipinski definition) is 5. The number of esters is 2. The van der Waals surface area contributed by atoms with Crippen LogP contribution in [0.5, 0.6) is 0 Å². The fourth-order valence-corrected chi connectivity index (χ4v) is 5.13. The first-order valence-electron chi connectivity index (χ1n) is 11.2. The number of carbonyl (C=O) groups excluding carboxylic acids is 2. The smallest absolute Gasteiger partial charge is 0.308 e. The third-order valence-corrected chi connectivity index (χ3v) is 11.9. The monoisotopic (exact) mass is 564 g/mol. The van der Waals surface area contributed by atoms with Gasteiger partial charge < -0.3 is 13.9 Å². The van der Waals surface area contributed by atoms with Crippen molar-refractivity contribution in [2.24, 2.45) is 11.8 Å². The molecule has 0 aromatic heterocycles. The van der Waals surface area contributed by atoms with Crippen molar-refractivity contribution in [2.45, 2.75) is 104 Å². The molecule has 7 heteroatoms. The van der Waals surface area contributed by atoms with E-state index in [1.165, 1.54) is 6.92 Å². The van der Waals surface area contributed by atoms with E-state index in [4.69, 9.17) is 13.9 Å². The average molecular weight is 565 g/mol. The normalized spacial score (nSPS) is 30.6. The van der Waals surface area contributed by atoms with Crippen molar-refractivity contribution in [3.63, 3.8) is 0 Å². The second-order valence-corrected chi connectivity index (χ2v) is 15.7. The van der Waals surface area contributed by atoms with Crippen molar-refractivity contribution in [3.8, 4) is 0 Å². The topological polar surface area (TPSA) is 61.8 Å². The van der Waals surface area contributed by atoms with Gasteiger partial charge in [0.05, 0.1) is 12.5 Å². The van der Waals surface area contributed by atoms with Crippen LogP contribution >= 0.6 is 22.6 Å². The lowest BCUT2D eigenvalue weighted by Crippen LogP contribution is -2.45. The van der Waals surface area contributed by atoms with Crippen molar-refractivity contribution >= 4 is 42.8 Å². The van der Waals surface area contributed by atoms with E-state index in [0.717, 1.165) is 18.4 Å². The van der Waals surface area contributed by atoms with Gasteiger partial charge in [-0.3, -0.25) is 9.59 Å². The van der Waals surface area contributed by atoms with Gasteiger partial charge in [0.15, 0.2) is 8.32 Å². The molecule has 31 heavy (non-hydrogen) atoms. The van der Waals surface area contributed by atoms with Gasteiger partial charge in [-0.25, -0.2) is 0 Å². The summed E-state index contributed by atoms with van der Waals surface area (Å²) in [5, 5.41) is 0.0484. The molecule has 5 atom stereocenters. The Morgan fingerprint density at radius 3 is 2.32 bits per heavy atom. The second-order valence-electron chi connectivity index (χ2n) is 10.3. The minimum Gasteiger partial charge on any atom is -0.458 e. The van der Waals surface area contributed by atoms with E-state index in [0.29, 0.717) is 0 Å². The molecule has 0 spiro atoms. The Hall–Kier alpha value is -0.673. The first-order valence-corrected chi connectivity index (χ1v) is 15.3. The molecule has 0 bridgehead atoms. The predicted molar refractivity (Wildman–Crippen MR) is 137 cm³/mol. The van der Waals surface area contributed by atoms with Crippen LogP contribution in [-0.2, 0) is 23.5 Å². The molecule has 0 aromatic rings. The average Bonchev–Trinajstić information content (AvgIpc) is 2.64. The lowest BCUT2D eigenvalue weighted by molar-refractivity contribution is -0.151. The van der Waals surface area contributed by atoms with E-state index in [9.17, 15) is 9.59 Å². The molecule has 0 amide bonds. The summed E-state index contributed by atoms with van der Waals surface area (Å²) in [5.74, 6) is -0.439. The molecule has 178 valence electrons. The Labute approximate surface area is 203 Å². The molecule has 0 unspecified atom stereocenters. The Bertz CT molecular complexity index is 680. The van der Waals surface area contributed by atoms with Crippen molar-refractivity contribution in [2.75, 3.05) is 0 Å². The van der Waals surface area contributed by atoms with Gasteiger partial charge in [-0.2, -0.15) is 0 Å². The zero-order valence-corrected chi connectivity index (χ0v) is 23.8. The summed E-state index contributed by atoms with van der Waals surface area (Å²) in [6, 6.07) is 0. The molecule has 1 aliphatic heterocycles. The van der Waals surface area contributed by atoms with Crippen LogP contribution in [0, 0.1) is 11.8 Å². The Kier molecular flexibility index (Phi) is 11.0. The third kappa shape index (κ3) is 9.00. The first-order chi connectivity index (χ1) is 14.2. The van der Waals surface area contributed by atoms with Crippen molar-refractivity contribution in [3.05, 3.63) is 21.8 Å². The SMILES string of the molecule is CC(=O)O[C@H]1/C=C/[C@H](C)[C@@H](/C(C)=C/I)OC(=O)C[C@H](O[Si](C)(C)C(C)(C)C)CC[C@@H]1C. The molecule has 5 nitrogen and oxygen atoms in total. The minimum atomic E-state index is -2.06. The highest BCUT2D eigenvalue weighted by molar-refractivity contribution is 14.1. The quantitative estimate of drug-likeness (QED) is 0.167. The van der Waals surface area contributed by atoms with Crippen LogP contribution < -0.4 is 0 Å². The van der Waals surface area contributed by atoms with Crippen LogP contribution in [0.3, 0.4) is 0 Å². The maximum absolute atomic E-state index is 12.9. The predicted octanol–water partition coefficient (Wildman–Crippen LogP) is 6.57. The second kappa shape index (κ2) is 12.0. The Balaban J connectivity index is 3.26. The van der Waals surface area contributed by atoms with Crippen molar-refractivity contribution in [1.82, 2.24) is 0 Å². The Morgan fingerprint density at radius 2 is 1.81 bits per heavy atom. The van der Waals surface area contributed by atoms with Gasteiger partial charge in [-0.1, -0.05) is 63.3 Å². The molecule has 0 N–H and O–H groups in total. The van der Waals surface area contributed by atoms with Gasteiger partial charge in [-0.15, -0.1) is 0 Å². The number of ether oxygens (including phenoxy) is 2. The number of halogens is 1. The summed E-state index contributed by atoms with van der Waals surface area (Å²) in [4.78, 5) is 24.6. The van der Waals surface area contributed by atoms with Crippen LogP contribution in [0.15, 0.2) is 21.8 Å². The highest BCUT2D eigenvalue weighted by Crippen LogP contribution is 2.38. The van der Waals surface area contributed by atoms with Gasteiger partial charge in [0, 0.05) is 12.8 Å². The molecule has 0 saturated heterocycles. The molecule has 0 radical (unpaired) electrons. The lowest BCUT2D eigenvalue weighted by atomic mass is 9.92.